The molecule has 70 valence electrons. The average Bonchev–Trinajstić information content (AvgIpc) is 2.06. The highest BCUT2D eigenvalue weighted by Gasteiger charge is 2.33. The van der Waals surface area contributed by atoms with Crippen molar-refractivity contribution < 1.29 is 9.47 Å². The van der Waals surface area contributed by atoms with E-state index in [1.165, 1.54) is 0 Å². The van der Waals surface area contributed by atoms with E-state index in [1.54, 1.807) is 0 Å². The van der Waals surface area contributed by atoms with Crippen LogP contribution < -0.4 is 0 Å². The van der Waals surface area contributed by atoms with Gasteiger partial charge in [0.25, 0.3) is 0 Å². The van der Waals surface area contributed by atoms with Gasteiger partial charge in [-0.2, -0.15) is 0 Å². The van der Waals surface area contributed by atoms with Gasteiger partial charge in [-0.1, -0.05) is 19.1 Å². The van der Waals surface area contributed by atoms with Crippen molar-refractivity contribution in [2.45, 2.75) is 33.0 Å². The normalized spacial score (nSPS) is 25.9. The number of hydrogen-bond donors (Lipinski definition) is 0. The lowest BCUT2D eigenvalue weighted by atomic mass is 10.0. The minimum Gasteiger partial charge on any atom is -0.350 e. The van der Waals surface area contributed by atoms with Crippen molar-refractivity contribution in [1.82, 2.24) is 0 Å². The first-order chi connectivity index (χ1) is 5.69. The van der Waals surface area contributed by atoms with Gasteiger partial charge in [0.05, 0.1) is 13.2 Å². The number of rotatable bonds is 2. The van der Waals surface area contributed by atoms with Gasteiger partial charge in [-0.05, 0) is 20.3 Å². The van der Waals surface area contributed by atoms with E-state index < -0.39 is 5.79 Å². The third-order valence-electron chi connectivity index (χ3n) is 2.37. The van der Waals surface area contributed by atoms with Gasteiger partial charge in [0.1, 0.15) is 0 Å². The van der Waals surface area contributed by atoms with Crippen molar-refractivity contribution in [3.05, 3.63) is 12.2 Å². The predicted octanol–water partition coefficient (Wildman–Crippen LogP) is 2.35. The number of ether oxygens (including phenoxy) is 2. The molecule has 0 N–H and O–H groups in total. The molecular weight excluding hydrogens is 152 g/mol. The Bertz CT molecular complexity index is 157. The van der Waals surface area contributed by atoms with Gasteiger partial charge in [0, 0.05) is 5.92 Å². The fourth-order valence-corrected chi connectivity index (χ4v) is 1.38. The van der Waals surface area contributed by atoms with Crippen molar-refractivity contribution in [2.75, 3.05) is 13.2 Å². The summed E-state index contributed by atoms with van der Waals surface area (Å²) in [5.74, 6) is -0.0760. The number of hydrogen-bond acceptors (Lipinski definition) is 2. The van der Waals surface area contributed by atoms with Crippen molar-refractivity contribution in [3.63, 3.8) is 0 Å². The van der Waals surface area contributed by atoms with Gasteiger partial charge >= 0.3 is 0 Å². The van der Waals surface area contributed by atoms with E-state index in [9.17, 15) is 0 Å². The zero-order valence-corrected chi connectivity index (χ0v) is 8.17. The van der Waals surface area contributed by atoms with E-state index >= 15 is 0 Å². The first kappa shape index (κ1) is 9.75. The van der Waals surface area contributed by atoms with Crippen LogP contribution in [-0.2, 0) is 9.47 Å². The smallest absolute Gasteiger partial charge is 0.171 e. The fraction of sp³-hybridized carbons (Fsp3) is 0.800. The van der Waals surface area contributed by atoms with Crippen molar-refractivity contribution >= 4 is 0 Å². The summed E-state index contributed by atoms with van der Waals surface area (Å²) < 4.78 is 11.2. The first-order valence-electron chi connectivity index (χ1n) is 4.60. The lowest BCUT2D eigenvalue weighted by Crippen LogP contribution is -2.42. The van der Waals surface area contributed by atoms with Crippen LogP contribution in [0.25, 0.3) is 0 Å². The summed E-state index contributed by atoms with van der Waals surface area (Å²) in [6, 6.07) is 0. The molecule has 1 aliphatic rings. The molecule has 1 rings (SSSR count). The molecule has 1 atom stereocenters. The standard InChI is InChI=1S/C10H18O2/c1-4-6-9(2)10(3)11-7-5-8-12-10/h4,6,9H,5,7-8H2,1-3H3. The van der Waals surface area contributed by atoms with Crippen LogP contribution in [0, 0.1) is 5.92 Å². The maximum absolute atomic E-state index is 5.61. The Morgan fingerprint density at radius 1 is 1.33 bits per heavy atom. The quantitative estimate of drug-likeness (QED) is 0.592. The van der Waals surface area contributed by atoms with Crippen LogP contribution >= 0.6 is 0 Å². The van der Waals surface area contributed by atoms with Crippen LogP contribution in [0.3, 0.4) is 0 Å². The summed E-state index contributed by atoms with van der Waals surface area (Å²) in [5.41, 5.74) is 0. The van der Waals surface area contributed by atoms with Crippen LogP contribution in [0.1, 0.15) is 27.2 Å². The van der Waals surface area contributed by atoms with E-state index in [0.717, 1.165) is 19.6 Å². The molecular formula is C10H18O2. The molecule has 0 spiro atoms. The predicted molar refractivity (Wildman–Crippen MR) is 48.9 cm³/mol. The van der Waals surface area contributed by atoms with Crippen LogP contribution in [0.5, 0.6) is 0 Å². The maximum atomic E-state index is 5.61. The molecule has 0 amide bonds. The highest BCUT2D eigenvalue weighted by molar-refractivity contribution is 4.91. The molecule has 2 heteroatoms. The molecule has 0 aromatic rings. The third-order valence-corrected chi connectivity index (χ3v) is 2.37. The van der Waals surface area contributed by atoms with Crippen molar-refractivity contribution in [2.24, 2.45) is 5.92 Å². The molecule has 12 heavy (non-hydrogen) atoms. The highest BCUT2D eigenvalue weighted by Crippen LogP contribution is 2.27. The second-order valence-electron chi connectivity index (χ2n) is 3.38. The number of allylic oxidation sites excluding steroid dienone is 1. The van der Waals surface area contributed by atoms with Crippen LogP contribution in [0.2, 0.25) is 0 Å². The topological polar surface area (TPSA) is 18.5 Å². The van der Waals surface area contributed by atoms with Crippen molar-refractivity contribution in [1.29, 1.82) is 0 Å². The third kappa shape index (κ3) is 2.08. The van der Waals surface area contributed by atoms with E-state index in [1.807, 2.05) is 19.9 Å². The van der Waals surface area contributed by atoms with E-state index in [-0.39, 0.29) is 0 Å². The second kappa shape index (κ2) is 4.06. The summed E-state index contributed by atoms with van der Waals surface area (Å²) in [7, 11) is 0. The molecule has 1 heterocycles. The second-order valence-corrected chi connectivity index (χ2v) is 3.38. The molecule has 0 radical (unpaired) electrons. The molecule has 0 saturated carbocycles. The van der Waals surface area contributed by atoms with E-state index in [0.29, 0.717) is 5.92 Å². The van der Waals surface area contributed by atoms with Gasteiger partial charge in [-0.25, -0.2) is 0 Å². The summed E-state index contributed by atoms with van der Waals surface area (Å²) >= 11 is 0. The van der Waals surface area contributed by atoms with Gasteiger partial charge < -0.3 is 9.47 Å². The van der Waals surface area contributed by atoms with Crippen LogP contribution in [0.15, 0.2) is 12.2 Å². The highest BCUT2D eigenvalue weighted by atomic mass is 16.7. The Hall–Kier alpha value is -0.340. The van der Waals surface area contributed by atoms with Crippen molar-refractivity contribution in [3.8, 4) is 0 Å². The molecule has 0 aromatic heterocycles. The van der Waals surface area contributed by atoms with Gasteiger partial charge in [-0.3, -0.25) is 0 Å². The van der Waals surface area contributed by atoms with E-state index in [2.05, 4.69) is 13.0 Å². The lowest BCUT2D eigenvalue weighted by Gasteiger charge is -2.37. The Morgan fingerprint density at radius 3 is 2.42 bits per heavy atom. The first-order valence-corrected chi connectivity index (χ1v) is 4.60. The summed E-state index contributed by atoms with van der Waals surface area (Å²) in [6.45, 7) is 7.78. The summed E-state index contributed by atoms with van der Waals surface area (Å²) in [5, 5.41) is 0. The molecule has 0 aromatic carbocycles. The molecule has 2 nitrogen and oxygen atoms in total. The van der Waals surface area contributed by atoms with Gasteiger partial charge in [0.15, 0.2) is 5.79 Å². The zero-order valence-electron chi connectivity index (χ0n) is 8.17. The van der Waals surface area contributed by atoms with Gasteiger partial charge in [0.2, 0.25) is 0 Å². The van der Waals surface area contributed by atoms with Gasteiger partial charge in [-0.15, -0.1) is 0 Å². The monoisotopic (exact) mass is 170 g/mol. The van der Waals surface area contributed by atoms with Crippen LogP contribution in [0.4, 0.5) is 0 Å². The minimum absolute atomic E-state index is 0.322. The molecule has 1 unspecified atom stereocenters. The summed E-state index contributed by atoms with van der Waals surface area (Å²) in [4.78, 5) is 0. The minimum atomic E-state index is -0.398. The zero-order chi connectivity index (χ0) is 9.03. The lowest BCUT2D eigenvalue weighted by molar-refractivity contribution is -0.272. The molecule has 1 fully saturated rings. The maximum Gasteiger partial charge on any atom is 0.171 e. The average molecular weight is 170 g/mol. The Morgan fingerprint density at radius 2 is 1.92 bits per heavy atom. The molecule has 0 aliphatic carbocycles. The Balaban J connectivity index is 2.55. The SMILES string of the molecule is CC=CC(C)C1(C)OCCCO1. The largest absolute Gasteiger partial charge is 0.350 e. The Kier molecular flexibility index (Phi) is 3.29. The molecule has 1 saturated heterocycles. The van der Waals surface area contributed by atoms with E-state index in [4.69, 9.17) is 9.47 Å². The summed E-state index contributed by atoms with van der Waals surface area (Å²) in [6.07, 6.45) is 5.17. The fourth-order valence-electron chi connectivity index (χ4n) is 1.38. The van der Waals surface area contributed by atoms with Crippen LogP contribution in [-0.4, -0.2) is 19.0 Å². The Labute approximate surface area is 74.6 Å². The molecule has 1 aliphatic heterocycles. The molecule has 0 bridgehead atoms.